The molecule has 3 nitrogen and oxygen atoms in total. The Hall–Kier alpha value is -0.710. The zero-order valence-electron chi connectivity index (χ0n) is 8.99. The minimum absolute atomic E-state index is 0.243. The van der Waals surface area contributed by atoms with E-state index in [1.807, 2.05) is 19.1 Å². The van der Waals surface area contributed by atoms with Crippen LogP contribution in [0.15, 0.2) is 24.3 Å². The summed E-state index contributed by atoms with van der Waals surface area (Å²) >= 11 is -1.89. The predicted octanol–water partition coefficient (Wildman–Crippen LogP) is 3.19. The molecule has 1 aliphatic rings. The van der Waals surface area contributed by atoms with Crippen molar-refractivity contribution in [1.29, 1.82) is 0 Å². The molecule has 0 bridgehead atoms. The molecule has 0 atom stereocenters. The van der Waals surface area contributed by atoms with E-state index in [1.165, 1.54) is 9.13 Å². The second-order valence-corrected chi connectivity index (χ2v) is 8.50. The van der Waals surface area contributed by atoms with Crippen LogP contribution in [0.5, 0.6) is 0 Å². The molecule has 0 aliphatic carbocycles. The Morgan fingerprint density at radius 1 is 1.40 bits per heavy atom. The van der Waals surface area contributed by atoms with Gasteiger partial charge in [-0.3, -0.25) is 0 Å². The number of nitrogens with zero attached hydrogens (tertiary/aromatic N) is 2. The number of benzene rings is 1. The van der Waals surface area contributed by atoms with Gasteiger partial charge in [0.15, 0.2) is 0 Å². The summed E-state index contributed by atoms with van der Waals surface area (Å²) in [7, 11) is 0. The normalized spacial score (nSPS) is 19.5. The Morgan fingerprint density at radius 3 is 2.73 bits per heavy atom. The van der Waals surface area contributed by atoms with Crippen molar-refractivity contribution in [3.8, 4) is 0 Å². The molecule has 1 heterocycles. The van der Waals surface area contributed by atoms with Crippen LogP contribution in [0.2, 0.25) is 0 Å². The van der Waals surface area contributed by atoms with E-state index < -0.39 is 20.2 Å². The van der Waals surface area contributed by atoms with Crippen molar-refractivity contribution in [2.24, 2.45) is 0 Å². The average molecular weight is 316 g/mol. The zero-order valence-corrected chi connectivity index (χ0v) is 11.1. The van der Waals surface area contributed by atoms with Gasteiger partial charge >= 0.3 is 97.1 Å². The zero-order chi connectivity index (χ0) is 11.1. The molecule has 15 heavy (non-hydrogen) atoms. The van der Waals surface area contributed by atoms with E-state index in [0.29, 0.717) is 0 Å². The first-order chi connectivity index (χ1) is 7.06. The third-order valence-electron chi connectivity index (χ3n) is 2.36. The summed E-state index contributed by atoms with van der Waals surface area (Å²) < 4.78 is 8.04. The topological polar surface area (TPSA) is 45.6 Å². The van der Waals surface area contributed by atoms with E-state index in [9.17, 15) is 0 Å². The molecule has 80 valence electrons. The molecule has 0 radical (unpaired) electrons. The average Bonchev–Trinajstić information content (AvgIpc) is 2.51. The Balaban J connectivity index is 2.56. The number of hydrogen-bond acceptors (Lipinski definition) is 1. The van der Waals surface area contributed by atoms with Gasteiger partial charge in [-0.2, -0.15) is 0 Å². The van der Waals surface area contributed by atoms with E-state index in [0.717, 1.165) is 3.72 Å². The van der Waals surface area contributed by atoms with Gasteiger partial charge in [0, 0.05) is 0 Å². The van der Waals surface area contributed by atoms with Gasteiger partial charge < -0.3 is 0 Å². The molecular weight excluding hydrogens is 303 g/mol. The summed E-state index contributed by atoms with van der Waals surface area (Å²) in [5.74, 6) is 0. The van der Waals surface area contributed by atoms with Crippen molar-refractivity contribution >= 4 is 24.0 Å². The molecule has 0 aromatic heterocycles. The second-order valence-electron chi connectivity index (χ2n) is 3.91. The standard InChI is InChI=1S/C11H13IN2O/c1-8(14-13)12-10-7-5-4-6-9(10)11(2,3)15-12/h4-7H,1-3H3. The minimum atomic E-state index is -1.89. The van der Waals surface area contributed by atoms with Gasteiger partial charge in [-0.15, -0.1) is 0 Å². The van der Waals surface area contributed by atoms with Crippen molar-refractivity contribution in [2.45, 2.75) is 26.4 Å². The van der Waals surface area contributed by atoms with Crippen molar-refractivity contribution in [1.82, 2.24) is 0 Å². The molecule has 1 aromatic rings. The van der Waals surface area contributed by atoms with Gasteiger partial charge in [-0.05, 0) is 0 Å². The van der Waals surface area contributed by atoms with Gasteiger partial charge in [-0.25, -0.2) is 0 Å². The van der Waals surface area contributed by atoms with E-state index in [4.69, 9.17) is 8.60 Å². The molecule has 1 aliphatic heterocycles. The van der Waals surface area contributed by atoms with Gasteiger partial charge in [-0.1, -0.05) is 0 Å². The van der Waals surface area contributed by atoms with Gasteiger partial charge in [0.05, 0.1) is 0 Å². The molecule has 0 amide bonds. The maximum atomic E-state index is 8.84. The quantitative estimate of drug-likeness (QED) is 0.340. The Morgan fingerprint density at radius 2 is 2.07 bits per heavy atom. The van der Waals surface area contributed by atoms with E-state index in [1.54, 1.807) is 0 Å². The van der Waals surface area contributed by atoms with Crippen LogP contribution in [0, 0.1) is 3.57 Å². The fraction of sp³-hybridized carbons (Fsp3) is 0.364. The number of halogens is 1. The molecule has 0 unspecified atom stereocenters. The summed E-state index contributed by atoms with van der Waals surface area (Å²) in [5, 5.41) is 0. The SMILES string of the molecule is CC(=[N+]=[N-])I1OC(C)(C)c2ccccc21. The first-order valence-electron chi connectivity index (χ1n) is 4.74. The third kappa shape index (κ3) is 1.73. The van der Waals surface area contributed by atoms with Crippen LogP contribution in [0.25, 0.3) is 5.53 Å². The maximum absolute atomic E-state index is 8.84. The van der Waals surface area contributed by atoms with Crippen molar-refractivity contribution < 1.29 is 7.86 Å². The van der Waals surface area contributed by atoms with Gasteiger partial charge in [0.25, 0.3) is 0 Å². The Kier molecular flexibility index (Phi) is 2.66. The van der Waals surface area contributed by atoms with E-state index in [-0.39, 0.29) is 5.60 Å². The summed E-state index contributed by atoms with van der Waals surface area (Å²) in [4.78, 5) is 3.30. The molecule has 0 fully saturated rings. The van der Waals surface area contributed by atoms with Crippen LogP contribution in [-0.2, 0) is 8.67 Å². The van der Waals surface area contributed by atoms with Crippen molar-refractivity contribution in [2.75, 3.05) is 0 Å². The summed E-state index contributed by atoms with van der Waals surface area (Å²) in [6.45, 7) is 5.96. The molecule has 1 aromatic carbocycles. The fourth-order valence-corrected chi connectivity index (χ4v) is 6.43. The molecule has 4 heteroatoms. The van der Waals surface area contributed by atoms with Crippen LogP contribution in [0.1, 0.15) is 26.3 Å². The van der Waals surface area contributed by atoms with Crippen molar-refractivity contribution in [3.05, 3.63) is 38.9 Å². The summed E-state index contributed by atoms with van der Waals surface area (Å²) in [6.07, 6.45) is 0. The fourth-order valence-electron chi connectivity index (χ4n) is 1.61. The number of fused-ring (bicyclic) bond motifs is 1. The first-order valence-corrected chi connectivity index (χ1v) is 7.78. The Labute approximate surface area is 97.0 Å². The molecule has 0 saturated carbocycles. The van der Waals surface area contributed by atoms with Crippen molar-refractivity contribution in [3.63, 3.8) is 0 Å². The van der Waals surface area contributed by atoms with E-state index >= 15 is 0 Å². The second kappa shape index (κ2) is 3.70. The number of rotatable bonds is 1. The monoisotopic (exact) mass is 316 g/mol. The van der Waals surface area contributed by atoms with Crippen LogP contribution >= 0.6 is 20.2 Å². The molecular formula is C11H13IN2O. The Bertz CT molecular complexity index is 450. The number of hydrogen-bond donors (Lipinski definition) is 0. The molecule has 0 spiro atoms. The van der Waals surface area contributed by atoms with Crippen LogP contribution in [0.3, 0.4) is 0 Å². The van der Waals surface area contributed by atoms with Crippen LogP contribution < -0.4 is 0 Å². The first kappa shape index (κ1) is 10.8. The summed E-state index contributed by atoms with van der Waals surface area (Å²) in [5.41, 5.74) is 9.83. The van der Waals surface area contributed by atoms with Crippen LogP contribution in [-0.4, -0.2) is 8.51 Å². The van der Waals surface area contributed by atoms with Gasteiger partial charge in [0.2, 0.25) is 0 Å². The predicted molar refractivity (Wildman–Crippen MR) is 67.6 cm³/mol. The molecule has 0 N–H and O–H groups in total. The van der Waals surface area contributed by atoms with Crippen LogP contribution in [0.4, 0.5) is 0 Å². The van der Waals surface area contributed by atoms with Gasteiger partial charge in [0.1, 0.15) is 0 Å². The van der Waals surface area contributed by atoms with E-state index in [2.05, 4.69) is 30.8 Å². The summed E-state index contributed by atoms with van der Waals surface area (Å²) in [6, 6.07) is 8.22. The molecule has 0 saturated heterocycles. The molecule has 2 rings (SSSR count). The third-order valence-corrected chi connectivity index (χ3v) is 7.53.